The van der Waals surface area contributed by atoms with Crippen molar-refractivity contribution in [1.82, 2.24) is 34.1 Å². The molecule has 40 heavy (non-hydrogen) atoms. The summed E-state index contributed by atoms with van der Waals surface area (Å²) in [6.07, 6.45) is 5.04. The first-order valence-electron chi connectivity index (χ1n) is 13.1. The van der Waals surface area contributed by atoms with Crippen LogP contribution < -0.4 is 15.8 Å². The van der Waals surface area contributed by atoms with Crippen molar-refractivity contribution in [2.45, 2.75) is 26.0 Å². The number of benzene rings is 1. The minimum absolute atomic E-state index is 0.243. The molecule has 0 unspecified atom stereocenters. The predicted molar refractivity (Wildman–Crippen MR) is 153 cm³/mol. The minimum atomic E-state index is -1.16. The van der Waals surface area contributed by atoms with Crippen LogP contribution in [-0.2, 0) is 23.9 Å². The average Bonchev–Trinajstić information content (AvgIpc) is 3.45. The number of nitrogens with zero attached hydrogens (tertiary/aromatic N) is 8. The molecule has 206 valence electrons. The third-order valence-electron chi connectivity index (χ3n) is 7.01. The predicted octanol–water partition coefficient (Wildman–Crippen LogP) is 2.86. The zero-order valence-electron chi connectivity index (χ0n) is 22.7. The van der Waals surface area contributed by atoms with E-state index in [0.717, 1.165) is 35.4 Å². The normalized spacial score (nSPS) is 14.2. The number of ether oxygens (including phenoxy) is 1. The third kappa shape index (κ3) is 4.50. The molecule has 4 aromatic heterocycles. The Morgan fingerprint density at radius 2 is 1.95 bits per heavy atom. The number of aryl methyl sites for hydroxylation is 1. The molecule has 1 fully saturated rings. The number of allylic oxidation sites excluding steroid dienone is 1. The first kappa shape index (κ1) is 25.7. The molecule has 12 heteroatoms. The van der Waals surface area contributed by atoms with Crippen molar-refractivity contribution in [2.75, 3.05) is 36.5 Å². The number of fused-ring (bicyclic) bond motifs is 2. The van der Waals surface area contributed by atoms with E-state index >= 15 is 0 Å². The van der Waals surface area contributed by atoms with Crippen molar-refractivity contribution in [2.24, 2.45) is 7.05 Å². The molecule has 0 aliphatic carbocycles. The highest BCUT2D eigenvalue weighted by Gasteiger charge is 2.22. The molecule has 1 aliphatic heterocycles. The molecule has 0 spiro atoms. The summed E-state index contributed by atoms with van der Waals surface area (Å²) in [6, 6.07) is 9.37. The molecule has 0 saturated carbocycles. The van der Waals surface area contributed by atoms with Crippen molar-refractivity contribution >= 4 is 39.3 Å². The van der Waals surface area contributed by atoms with Crippen molar-refractivity contribution in [1.29, 1.82) is 0 Å². The Hall–Kier alpha value is -4.55. The fourth-order valence-electron chi connectivity index (χ4n) is 4.99. The highest BCUT2D eigenvalue weighted by Crippen LogP contribution is 2.32. The van der Waals surface area contributed by atoms with Crippen LogP contribution in [0.2, 0.25) is 0 Å². The number of morpholine rings is 1. The largest absolute Gasteiger partial charge is 0.384 e. The van der Waals surface area contributed by atoms with Gasteiger partial charge in [-0.3, -0.25) is 9.48 Å². The van der Waals surface area contributed by atoms with Crippen molar-refractivity contribution in [3.8, 4) is 5.82 Å². The van der Waals surface area contributed by atoms with Crippen molar-refractivity contribution in [3.63, 3.8) is 0 Å². The first-order chi connectivity index (χ1) is 19.2. The van der Waals surface area contributed by atoms with Crippen LogP contribution in [0.25, 0.3) is 27.8 Å². The molecule has 2 N–H and O–H groups in total. The minimum Gasteiger partial charge on any atom is -0.384 e. The summed E-state index contributed by atoms with van der Waals surface area (Å²) in [5.74, 6) is 0.772. The van der Waals surface area contributed by atoms with E-state index in [9.17, 15) is 9.90 Å². The molecule has 0 radical (unpaired) electrons. The monoisotopic (exact) mass is 541 g/mol. The summed E-state index contributed by atoms with van der Waals surface area (Å²) in [7, 11) is 1.91. The summed E-state index contributed by atoms with van der Waals surface area (Å²) >= 11 is 0. The summed E-state index contributed by atoms with van der Waals surface area (Å²) < 4.78 is 10.5. The van der Waals surface area contributed by atoms with E-state index < -0.39 is 5.60 Å². The van der Waals surface area contributed by atoms with Crippen LogP contribution in [0, 0.1) is 0 Å². The van der Waals surface area contributed by atoms with E-state index in [2.05, 4.69) is 37.9 Å². The van der Waals surface area contributed by atoms with Crippen LogP contribution >= 0.6 is 0 Å². The molecule has 0 bridgehead atoms. The fraction of sp³-hybridized carbons (Fsp3) is 0.321. The molecule has 6 rings (SSSR count). The second kappa shape index (κ2) is 9.88. The van der Waals surface area contributed by atoms with Gasteiger partial charge in [-0.15, -0.1) is 6.58 Å². The van der Waals surface area contributed by atoms with Crippen LogP contribution in [0.4, 0.5) is 17.3 Å². The number of pyridine rings is 1. The number of hydrogen-bond acceptors (Lipinski definition) is 9. The van der Waals surface area contributed by atoms with E-state index in [0.29, 0.717) is 41.7 Å². The van der Waals surface area contributed by atoms with E-state index in [1.165, 1.54) is 10.9 Å². The summed E-state index contributed by atoms with van der Waals surface area (Å²) in [4.78, 5) is 29.5. The molecule has 1 aromatic carbocycles. The molecule has 12 nitrogen and oxygen atoms in total. The molecule has 5 heterocycles. The lowest BCUT2D eigenvalue weighted by Crippen LogP contribution is -2.36. The van der Waals surface area contributed by atoms with Gasteiger partial charge in [0.1, 0.15) is 11.0 Å². The van der Waals surface area contributed by atoms with Gasteiger partial charge in [0.2, 0.25) is 5.95 Å². The van der Waals surface area contributed by atoms with Gasteiger partial charge in [0.05, 0.1) is 37.2 Å². The zero-order chi connectivity index (χ0) is 28.0. The second-order valence-electron chi connectivity index (χ2n) is 10.3. The van der Waals surface area contributed by atoms with Crippen LogP contribution in [0.5, 0.6) is 0 Å². The van der Waals surface area contributed by atoms with Gasteiger partial charge in [-0.25, -0.2) is 19.3 Å². The van der Waals surface area contributed by atoms with Crippen LogP contribution in [0.1, 0.15) is 19.5 Å². The molecular weight excluding hydrogens is 510 g/mol. The van der Waals surface area contributed by atoms with Gasteiger partial charge < -0.3 is 20.1 Å². The van der Waals surface area contributed by atoms with Gasteiger partial charge in [0.25, 0.3) is 5.56 Å². The van der Waals surface area contributed by atoms with Crippen LogP contribution in [0.3, 0.4) is 0 Å². The quantitative estimate of drug-likeness (QED) is 0.299. The molecule has 0 amide bonds. The Bertz CT molecular complexity index is 1790. The Kier molecular flexibility index (Phi) is 6.35. The van der Waals surface area contributed by atoms with Gasteiger partial charge in [-0.05, 0) is 38.1 Å². The number of hydrogen-bond donors (Lipinski definition) is 2. The number of nitrogens with one attached hydrogen (secondary N) is 1. The van der Waals surface area contributed by atoms with Gasteiger partial charge >= 0.3 is 0 Å². The van der Waals surface area contributed by atoms with Crippen molar-refractivity contribution < 1.29 is 9.84 Å². The Balaban J connectivity index is 1.47. The van der Waals surface area contributed by atoms with Gasteiger partial charge in [0, 0.05) is 43.1 Å². The number of anilines is 3. The van der Waals surface area contributed by atoms with E-state index in [4.69, 9.17) is 9.72 Å². The molecule has 0 atom stereocenters. The van der Waals surface area contributed by atoms with Gasteiger partial charge in [0.15, 0.2) is 11.5 Å². The Morgan fingerprint density at radius 3 is 2.70 bits per heavy atom. The summed E-state index contributed by atoms with van der Waals surface area (Å²) in [6.45, 7) is 10.3. The van der Waals surface area contributed by atoms with Crippen molar-refractivity contribution in [3.05, 3.63) is 71.4 Å². The topological polar surface area (TPSA) is 128 Å². The lowest BCUT2D eigenvalue weighted by Gasteiger charge is -2.29. The first-order valence-corrected chi connectivity index (χ1v) is 13.1. The standard InChI is InChI=1S/C28H31N9O3/c1-5-9-36-26(38)20-16-29-27(33-25(20)37(36)24-8-6-7-23(32-24)28(2,3)39)31-18-14-21-19(17-30-34(21)4)22(15-18)35-10-12-40-13-11-35/h5-8,14-17,39H,1,9-13H2,2-4H3,(H,29,31,33). The van der Waals surface area contributed by atoms with Gasteiger partial charge in [-0.1, -0.05) is 12.1 Å². The van der Waals surface area contributed by atoms with E-state index in [-0.39, 0.29) is 12.1 Å². The SMILES string of the molecule is C=CCn1c(=O)c2cnc(Nc3cc(N4CCOCC4)c4cnn(C)c4c3)nc2n1-c1cccc(C(C)(C)O)n1. The molecule has 1 saturated heterocycles. The smallest absolute Gasteiger partial charge is 0.278 e. The molecule has 1 aliphatic rings. The Labute approximate surface area is 230 Å². The third-order valence-corrected chi connectivity index (χ3v) is 7.01. The molecular formula is C28H31N9O3. The highest BCUT2D eigenvalue weighted by molar-refractivity contribution is 5.95. The maximum absolute atomic E-state index is 13.3. The maximum atomic E-state index is 13.3. The highest BCUT2D eigenvalue weighted by atomic mass is 16.5. The summed E-state index contributed by atoms with van der Waals surface area (Å²) in [5.41, 5.74) is 2.25. The Morgan fingerprint density at radius 1 is 1.15 bits per heavy atom. The van der Waals surface area contributed by atoms with Gasteiger partial charge in [-0.2, -0.15) is 10.1 Å². The summed E-state index contributed by atoms with van der Waals surface area (Å²) in [5, 5.41) is 19.7. The average molecular weight is 542 g/mol. The van der Waals surface area contributed by atoms with E-state index in [1.807, 2.05) is 24.0 Å². The van der Waals surface area contributed by atoms with Crippen LogP contribution in [-0.4, -0.2) is 65.5 Å². The number of aromatic nitrogens is 7. The fourth-order valence-corrected chi connectivity index (χ4v) is 4.99. The molecule has 5 aromatic rings. The van der Waals surface area contributed by atoms with Crippen LogP contribution in [0.15, 0.2) is 60.2 Å². The zero-order valence-corrected chi connectivity index (χ0v) is 22.7. The van der Waals surface area contributed by atoms with E-state index in [1.54, 1.807) is 42.8 Å². The lowest BCUT2D eigenvalue weighted by atomic mass is 10.1. The second-order valence-corrected chi connectivity index (χ2v) is 10.3. The number of rotatable bonds is 7. The number of aliphatic hydroxyl groups is 1. The maximum Gasteiger partial charge on any atom is 0.278 e. The lowest BCUT2D eigenvalue weighted by molar-refractivity contribution is 0.0738.